The van der Waals surface area contributed by atoms with E-state index in [9.17, 15) is 20.2 Å². The van der Waals surface area contributed by atoms with Gasteiger partial charge in [-0.2, -0.15) is 5.26 Å². The van der Waals surface area contributed by atoms with Gasteiger partial charge in [0.15, 0.2) is 0 Å². The van der Waals surface area contributed by atoms with Crippen LogP contribution >= 0.6 is 27.5 Å². The number of nitriles is 1. The van der Waals surface area contributed by atoms with E-state index in [1.807, 2.05) is 0 Å². The van der Waals surface area contributed by atoms with Gasteiger partial charge >= 0.3 is 0 Å². The van der Waals surface area contributed by atoms with Crippen LogP contribution in [0.15, 0.2) is 52.5 Å². The minimum absolute atomic E-state index is 0.0628. The fraction of sp³-hybridized carbons (Fsp3) is 0. The Kier molecular flexibility index (Phi) is 5.68. The number of non-ortho nitro benzene ring substituents is 1. The van der Waals surface area contributed by atoms with E-state index in [2.05, 4.69) is 21.2 Å². The normalized spacial score (nSPS) is 10.8. The number of nitrogens with zero attached hydrogens (tertiary/aromatic N) is 2. The molecule has 0 radical (unpaired) electrons. The van der Waals surface area contributed by atoms with Crippen LogP contribution in [0.3, 0.4) is 0 Å². The molecule has 24 heavy (non-hydrogen) atoms. The summed E-state index contributed by atoms with van der Waals surface area (Å²) in [5.41, 5.74) is 0.354. The van der Waals surface area contributed by atoms with Gasteiger partial charge < -0.3 is 5.32 Å². The zero-order valence-electron chi connectivity index (χ0n) is 12.0. The molecule has 2 rings (SSSR count). The molecular formula is C16H9BrClN3O3. The first-order valence-corrected chi connectivity index (χ1v) is 7.70. The molecule has 120 valence electrons. The minimum atomic E-state index is -0.706. The fourth-order valence-electron chi connectivity index (χ4n) is 1.79. The monoisotopic (exact) mass is 405 g/mol. The van der Waals surface area contributed by atoms with Crippen molar-refractivity contribution in [1.82, 2.24) is 0 Å². The Balaban J connectivity index is 2.27. The number of carbonyl (C=O) groups is 1. The lowest BCUT2D eigenvalue weighted by Crippen LogP contribution is -2.14. The van der Waals surface area contributed by atoms with Crippen LogP contribution in [0.4, 0.5) is 11.4 Å². The third-order valence-electron chi connectivity index (χ3n) is 2.96. The van der Waals surface area contributed by atoms with Gasteiger partial charge in [0.2, 0.25) is 0 Å². The topological polar surface area (TPSA) is 96.0 Å². The Hall–Kier alpha value is -2.69. The highest BCUT2D eigenvalue weighted by Crippen LogP contribution is 2.27. The van der Waals surface area contributed by atoms with Gasteiger partial charge in [0.05, 0.1) is 15.6 Å². The molecule has 0 saturated carbocycles. The number of halogens is 2. The second-order valence-electron chi connectivity index (χ2n) is 4.60. The van der Waals surface area contributed by atoms with Crippen LogP contribution in [0.25, 0.3) is 6.08 Å². The molecule has 0 heterocycles. The number of nitro groups is 1. The highest BCUT2D eigenvalue weighted by Gasteiger charge is 2.15. The molecule has 1 N–H and O–H groups in total. The van der Waals surface area contributed by atoms with Gasteiger partial charge in [-0.05, 0) is 29.8 Å². The number of hydrogen-bond acceptors (Lipinski definition) is 4. The van der Waals surface area contributed by atoms with Gasteiger partial charge in [-0.3, -0.25) is 14.9 Å². The van der Waals surface area contributed by atoms with E-state index in [1.54, 1.807) is 30.3 Å². The quantitative estimate of drug-likeness (QED) is 0.348. The molecule has 0 aliphatic heterocycles. The average Bonchev–Trinajstić information content (AvgIpc) is 2.56. The zero-order chi connectivity index (χ0) is 17.7. The fourth-order valence-corrected chi connectivity index (χ4v) is 2.22. The first kappa shape index (κ1) is 17.7. The van der Waals surface area contributed by atoms with Gasteiger partial charge in [0.25, 0.3) is 11.6 Å². The number of nitro benzene ring substituents is 1. The summed E-state index contributed by atoms with van der Waals surface area (Å²) in [4.78, 5) is 22.4. The molecule has 0 aliphatic rings. The largest absolute Gasteiger partial charge is 0.320 e. The van der Waals surface area contributed by atoms with E-state index < -0.39 is 10.8 Å². The highest BCUT2D eigenvalue weighted by atomic mass is 79.9. The van der Waals surface area contributed by atoms with Gasteiger partial charge in [-0.15, -0.1) is 0 Å². The van der Waals surface area contributed by atoms with Crippen molar-refractivity contribution in [3.05, 3.63) is 73.2 Å². The zero-order valence-corrected chi connectivity index (χ0v) is 14.3. The summed E-state index contributed by atoms with van der Waals surface area (Å²) in [7, 11) is 0. The van der Waals surface area contributed by atoms with Crippen LogP contribution in [0.2, 0.25) is 5.02 Å². The number of benzene rings is 2. The maximum atomic E-state index is 12.2. The van der Waals surface area contributed by atoms with Crippen LogP contribution < -0.4 is 5.32 Å². The number of anilines is 1. The smallest absolute Gasteiger partial charge is 0.271 e. The number of carbonyl (C=O) groups excluding carboxylic acids is 1. The summed E-state index contributed by atoms with van der Waals surface area (Å²) in [5, 5.41) is 22.5. The molecule has 2 aromatic rings. The van der Waals surface area contributed by atoms with Crippen molar-refractivity contribution >= 4 is 50.9 Å². The van der Waals surface area contributed by atoms with Gasteiger partial charge in [0.1, 0.15) is 11.6 Å². The SMILES string of the molecule is N#C/C(=C\c1ccc(Br)cc1)C(=O)Nc1cc([N+](=O)[O-])ccc1Cl. The van der Waals surface area contributed by atoms with Crippen molar-refractivity contribution in [2.24, 2.45) is 0 Å². The summed E-state index contributed by atoms with van der Waals surface area (Å²) in [6.07, 6.45) is 1.41. The first-order chi connectivity index (χ1) is 11.4. The molecule has 0 atom stereocenters. The van der Waals surface area contributed by atoms with Crippen LogP contribution in [0.1, 0.15) is 5.56 Å². The number of rotatable bonds is 4. The second kappa shape index (κ2) is 7.73. The molecule has 0 fully saturated rings. The Labute approximate surface area is 150 Å². The average molecular weight is 407 g/mol. The minimum Gasteiger partial charge on any atom is -0.320 e. The van der Waals surface area contributed by atoms with Crippen LogP contribution in [-0.4, -0.2) is 10.8 Å². The Morgan fingerprint density at radius 3 is 2.54 bits per heavy atom. The molecule has 8 heteroatoms. The molecule has 1 amide bonds. The molecule has 0 saturated heterocycles. The molecule has 0 bridgehead atoms. The summed E-state index contributed by atoms with van der Waals surface area (Å²) in [6, 6.07) is 12.5. The van der Waals surface area contributed by atoms with Crippen LogP contribution in [-0.2, 0) is 4.79 Å². The highest BCUT2D eigenvalue weighted by molar-refractivity contribution is 9.10. The maximum Gasteiger partial charge on any atom is 0.271 e. The number of hydrogen-bond donors (Lipinski definition) is 1. The van der Waals surface area contributed by atoms with Crippen molar-refractivity contribution in [3.63, 3.8) is 0 Å². The van der Waals surface area contributed by atoms with E-state index in [1.165, 1.54) is 18.2 Å². The van der Waals surface area contributed by atoms with Crippen LogP contribution in [0, 0.1) is 21.4 Å². The molecule has 0 aliphatic carbocycles. The standard InChI is InChI=1S/C16H9BrClN3O3/c17-12-3-1-10(2-4-12)7-11(9-19)16(22)20-15-8-13(21(23)24)5-6-14(15)18/h1-8H,(H,20,22)/b11-7+. The summed E-state index contributed by atoms with van der Waals surface area (Å²) in [5.74, 6) is -0.706. The van der Waals surface area contributed by atoms with Crippen molar-refractivity contribution in [2.45, 2.75) is 0 Å². The Morgan fingerprint density at radius 1 is 1.29 bits per heavy atom. The second-order valence-corrected chi connectivity index (χ2v) is 5.92. The summed E-state index contributed by atoms with van der Waals surface area (Å²) >= 11 is 9.22. The van der Waals surface area contributed by atoms with Crippen LogP contribution in [0.5, 0.6) is 0 Å². The number of amides is 1. The van der Waals surface area contributed by atoms with Crippen molar-refractivity contribution in [2.75, 3.05) is 5.32 Å². The Morgan fingerprint density at radius 2 is 1.96 bits per heavy atom. The van der Waals surface area contributed by atoms with Crippen molar-refractivity contribution in [1.29, 1.82) is 5.26 Å². The maximum absolute atomic E-state index is 12.2. The molecule has 0 spiro atoms. The first-order valence-electron chi connectivity index (χ1n) is 6.53. The van der Waals surface area contributed by atoms with Crippen molar-refractivity contribution in [3.8, 4) is 6.07 Å². The van der Waals surface area contributed by atoms with Gasteiger partial charge in [-0.25, -0.2) is 0 Å². The molecule has 2 aromatic carbocycles. The van der Waals surface area contributed by atoms with E-state index in [4.69, 9.17) is 11.6 Å². The van der Waals surface area contributed by atoms with E-state index >= 15 is 0 Å². The van der Waals surface area contributed by atoms with E-state index in [0.29, 0.717) is 5.56 Å². The van der Waals surface area contributed by atoms with Crippen molar-refractivity contribution < 1.29 is 9.72 Å². The third-order valence-corrected chi connectivity index (χ3v) is 3.81. The molecule has 6 nitrogen and oxygen atoms in total. The van der Waals surface area contributed by atoms with Gasteiger partial charge in [-0.1, -0.05) is 39.7 Å². The molecular weight excluding hydrogens is 398 g/mol. The Bertz CT molecular complexity index is 873. The molecule has 0 aromatic heterocycles. The lowest BCUT2D eigenvalue weighted by atomic mass is 10.1. The lowest BCUT2D eigenvalue weighted by molar-refractivity contribution is -0.384. The van der Waals surface area contributed by atoms with E-state index in [-0.39, 0.29) is 22.0 Å². The predicted molar refractivity (Wildman–Crippen MR) is 94.5 cm³/mol. The van der Waals surface area contributed by atoms with Gasteiger partial charge in [0, 0.05) is 16.6 Å². The lowest BCUT2D eigenvalue weighted by Gasteiger charge is -2.06. The third kappa shape index (κ3) is 4.41. The predicted octanol–water partition coefficient (Wildman–Crippen LogP) is 4.56. The summed E-state index contributed by atoms with van der Waals surface area (Å²) in [6.45, 7) is 0. The summed E-state index contributed by atoms with van der Waals surface area (Å²) < 4.78 is 0.867. The molecule has 0 unspecified atom stereocenters. The number of nitrogens with one attached hydrogen (secondary N) is 1. The van der Waals surface area contributed by atoms with E-state index in [0.717, 1.165) is 10.5 Å².